The fourth-order valence-corrected chi connectivity index (χ4v) is 5.49. The molecular weight excluding hydrogens is 280 g/mol. The smallest absolute Gasteiger partial charge is 0.154 e. The molecule has 1 fully saturated rings. The summed E-state index contributed by atoms with van der Waals surface area (Å²) >= 11 is 6.42. The Bertz CT molecular complexity index is 551. The van der Waals surface area contributed by atoms with Crippen LogP contribution in [0, 0.1) is 13.8 Å². The number of rotatable bonds is 3. The first-order valence-corrected chi connectivity index (χ1v) is 8.97. The fraction of sp³-hybridized carbons (Fsp3) is 0.600. The van der Waals surface area contributed by atoms with Crippen LogP contribution in [0.25, 0.3) is 0 Å². The largest absolute Gasteiger partial charge is 0.228 e. The van der Waals surface area contributed by atoms with Crippen molar-refractivity contribution in [3.8, 4) is 0 Å². The Morgan fingerprint density at radius 1 is 1.32 bits per heavy atom. The minimum absolute atomic E-state index is 0.299. The second kappa shape index (κ2) is 5.84. The van der Waals surface area contributed by atoms with Crippen molar-refractivity contribution >= 4 is 21.4 Å². The molecule has 0 amide bonds. The lowest BCUT2D eigenvalue weighted by atomic mass is 9.99. The number of halogens is 1. The number of sulfone groups is 1. The third-order valence-corrected chi connectivity index (χ3v) is 6.90. The van der Waals surface area contributed by atoms with Crippen molar-refractivity contribution in [3.63, 3.8) is 0 Å². The second-order valence-corrected chi connectivity index (χ2v) is 8.45. The van der Waals surface area contributed by atoms with E-state index in [2.05, 4.69) is 18.2 Å². The Labute approximate surface area is 121 Å². The molecule has 2 unspecified atom stereocenters. The summed E-state index contributed by atoms with van der Waals surface area (Å²) in [6.45, 7) is 4.09. The lowest BCUT2D eigenvalue weighted by molar-refractivity contribution is 0.529. The van der Waals surface area contributed by atoms with E-state index in [1.54, 1.807) is 0 Å². The summed E-state index contributed by atoms with van der Waals surface area (Å²) in [5.41, 5.74) is 3.54. The molecule has 1 heterocycles. The quantitative estimate of drug-likeness (QED) is 0.802. The second-order valence-electron chi connectivity index (χ2n) is 5.55. The number of alkyl halides is 1. The average Bonchev–Trinajstić information content (AvgIpc) is 2.33. The molecule has 0 bridgehead atoms. The molecule has 1 aromatic carbocycles. The van der Waals surface area contributed by atoms with Gasteiger partial charge in [0.05, 0.1) is 16.4 Å². The van der Waals surface area contributed by atoms with Gasteiger partial charge in [0.1, 0.15) is 0 Å². The lowest BCUT2D eigenvalue weighted by Gasteiger charge is -2.26. The molecule has 0 N–H and O–H groups in total. The van der Waals surface area contributed by atoms with Crippen LogP contribution in [0.3, 0.4) is 0 Å². The number of aryl methyl sites for hydroxylation is 2. The summed E-state index contributed by atoms with van der Waals surface area (Å²) in [5.74, 6) is 0.299. The van der Waals surface area contributed by atoms with Gasteiger partial charge in [-0.25, -0.2) is 8.42 Å². The molecule has 4 heteroatoms. The summed E-state index contributed by atoms with van der Waals surface area (Å²) < 4.78 is 24.2. The molecule has 2 rings (SSSR count). The molecule has 19 heavy (non-hydrogen) atoms. The van der Waals surface area contributed by atoms with Crippen molar-refractivity contribution in [3.05, 3.63) is 34.9 Å². The number of hydrogen-bond acceptors (Lipinski definition) is 2. The van der Waals surface area contributed by atoms with E-state index < -0.39 is 9.84 Å². The zero-order chi connectivity index (χ0) is 14.0. The molecule has 0 spiro atoms. The molecule has 1 aliphatic rings. The molecule has 0 aromatic heterocycles. The summed E-state index contributed by atoms with van der Waals surface area (Å²) in [4.78, 5) is 0. The van der Waals surface area contributed by atoms with Crippen molar-refractivity contribution < 1.29 is 8.42 Å². The van der Waals surface area contributed by atoms with E-state index in [4.69, 9.17) is 11.6 Å². The first-order valence-electron chi connectivity index (χ1n) is 6.82. The molecule has 0 radical (unpaired) electrons. The summed E-state index contributed by atoms with van der Waals surface area (Å²) in [6.07, 6.45) is 3.10. The lowest BCUT2D eigenvalue weighted by Crippen LogP contribution is -2.36. The Morgan fingerprint density at radius 2 is 2.05 bits per heavy atom. The maximum absolute atomic E-state index is 12.1. The van der Waals surface area contributed by atoms with Crippen molar-refractivity contribution in [2.75, 3.05) is 5.75 Å². The molecule has 1 aliphatic heterocycles. The highest BCUT2D eigenvalue weighted by molar-refractivity contribution is 7.92. The van der Waals surface area contributed by atoms with Gasteiger partial charge in [-0.15, -0.1) is 11.6 Å². The van der Waals surface area contributed by atoms with E-state index in [9.17, 15) is 8.42 Å². The van der Waals surface area contributed by atoms with E-state index in [1.165, 1.54) is 16.7 Å². The standard InChI is InChI=1S/C15H21ClO2S/c1-11-6-7-12(2)13(9-11)10-14(16)15-5-3-4-8-19(15,17)18/h6-7,9,14-15H,3-5,8,10H2,1-2H3. The third kappa shape index (κ3) is 3.51. The van der Waals surface area contributed by atoms with Crippen LogP contribution in [0.4, 0.5) is 0 Å². The van der Waals surface area contributed by atoms with Gasteiger partial charge in [-0.2, -0.15) is 0 Å². The molecular formula is C15H21ClO2S. The third-order valence-electron chi connectivity index (χ3n) is 3.95. The first kappa shape index (κ1) is 14.9. The molecule has 0 aliphatic carbocycles. The van der Waals surface area contributed by atoms with Gasteiger partial charge in [0.25, 0.3) is 0 Å². The number of hydrogen-bond donors (Lipinski definition) is 0. The van der Waals surface area contributed by atoms with Gasteiger partial charge in [-0.05, 0) is 44.2 Å². The molecule has 2 atom stereocenters. The SMILES string of the molecule is Cc1ccc(C)c(CC(Cl)C2CCCCS2(=O)=O)c1. The fourth-order valence-electron chi connectivity index (χ4n) is 2.75. The van der Waals surface area contributed by atoms with Crippen LogP contribution in [0.15, 0.2) is 18.2 Å². The predicted octanol–water partition coefficient (Wildman–Crippen LogP) is 3.42. The summed E-state index contributed by atoms with van der Waals surface area (Å²) in [6, 6.07) is 6.25. The minimum Gasteiger partial charge on any atom is -0.228 e. The number of benzene rings is 1. The maximum atomic E-state index is 12.1. The first-order chi connectivity index (χ1) is 8.90. The highest BCUT2D eigenvalue weighted by Crippen LogP contribution is 2.28. The molecule has 2 nitrogen and oxygen atoms in total. The molecule has 106 valence electrons. The van der Waals surface area contributed by atoms with Crippen LogP contribution in [-0.4, -0.2) is 24.8 Å². The zero-order valence-corrected chi connectivity index (χ0v) is 13.1. The Kier molecular flexibility index (Phi) is 4.57. The van der Waals surface area contributed by atoms with Crippen LogP contribution in [0.1, 0.15) is 36.0 Å². The van der Waals surface area contributed by atoms with Gasteiger partial charge in [0, 0.05) is 0 Å². The Hall–Kier alpha value is -0.540. The van der Waals surface area contributed by atoms with Crippen molar-refractivity contribution in [2.45, 2.75) is 50.2 Å². The Balaban J connectivity index is 2.16. The minimum atomic E-state index is -3.00. The van der Waals surface area contributed by atoms with Gasteiger partial charge in [0.15, 0.2) is 9.84 Å². The van der Waals surface area contributed by atoms with E-state index in [-0.39, 0.29) is 10.6 Å². The Morgan fingerprint density at radius 3 is 2.74 bits per heavy atom. The van der Waals surface area contributed by atoms with Gasteiger partial charge in [0.2, 0.25) is 0 Å². The van der Waals surface area contributed by atoms with Crippen LogP contribution in [0.5, 0.6) is 0 Å². The van der Waals surface area contributed by atoms with Crippen LogP contribution in [0.2, 0.25) is 0 Å². The topological polar surface area (TPSA) is 34.1 Å². The summed E-state index contributed by atoms with van der Waals surface area (Å²) in [7, 11) is -3.00. The monoisotopic (exact) mass is 300 g/mol. The normalized spacial score (nSPS) is 24.1. The molecule has 1 aromatic rings. The highest BCUT2D eigenvalue weighted by Gasteiger charge is 2.34. The van der Waals surface area contributed by atoms with E-state index >= 15 is 0 Å². The highest BCUT2D eigenvalue weighted by atomic mass is 35.5. The van der Waals surface area contributed by atoms with Crippen molar-refractivity contribution in [2.24, 2.45) is 0 Å². The zero-order valence-electron chi connectivity index (χ0n) is 11.5. The molecule has 0 saturated carbocycles. The van der Waals surface area contributed by atoms with Gasteiger partial charge < -0.3 is 0 Å². The van der Waals surface area contributed by atoms with Gasteiger partial charge >= 0.3 is 0 Å². The van der Waals surface area contributed by atoms with Crippen LogP contribution >= 0.6 is 11.6 Å². The van der Waals surface area contributed by atoms with Crippen molar-refractivity contribution in [1.82, 2.24) is 0 Å². The maximum Gasteiger partial charge on any atom is 0.154 e. The van der Waals surface area contributed by atoms with E-state index in [0.29, 0.717) is 18.6 Å². The predicted molar refractivity (Wildman–Crippen MR) is 80.7 cm³/mol. The van der Waals surface area contributed by atoms with Gasteiger partial charge in [-0.1, -0.05) is 30.2 Å². The van der Waals surface area contributed by atoms with Crippen LogP contribution in [-0.2, 0) is 16.3 Å². The average molecular weight is 301 g/mol. The summed E-state index contributed by atoms with van der Waals surface area (Å²) in [5, 5.41) is -0.686. The van der Waals surface area contributed by atoms with Gasteiger partial charge in [-0.3, -0.25) is 0 Å². The van der Waals surface area contributed by atoms with E-state index in [1.807, 2.05) is 13.8 Å². The van der Waals surface area contributed by atoms with E-state index in [0.717, 1.165) is 12.8 Å². The molecule has 1 saturated heterocycles. The van der Waals surface area contributed by atoms with Crippen LogP contribution < -0.4 is 0 Å². The van der Waals surface area contributed by atoms with Crippen molar-refractivity contribution in [1.29, 1.82) is 0 Å².